The van der Waals surface area contributed by atoms with E-state index in [1.807, 2.05) is 51.1 Å². The maximum atomic E-state index is 11.8. The number of carbonyl (C=O) groups excluding carboxylic acids is 1. The first-order chi connectivity index (χ1) is 9.77. The van der Waals surface area contributed by atoms with Crippen molar-refractivity contribution in [2.45, 2.75) is 38.5 Å². The van der Waals surface area contributed by atoms with E-state index in [1.165, 1.54) is 10.5 Å². The molecule has 0 aliphatic carbocycles. The molecule has 0 radical (unpaired) electrons. The Morgan fingerprint density at radius 2 is 1.95 bits per heavy atom. The van der Waals surface area contributed by atoms with Crippen molar-refractivity contribution in [2.75, 3.05) is 19.6 Å². The molecule has 1 aromatic rings. The Bertz CT molecular complexity index is 476. The molecule has 21 heavy (non-hydrogen) atoms. The standard InChI is InChI=1S/C16H24N2O3/c1-15(2,3)21-14(19)18-11-16(20,12-18)10-17-9-13-7-5-4-6-8-13/h4-8,17,20H,9-12H2,1-3H3. The molecule has 2 rings (SSSR count). The topological polar surface area (TPSA) is 61.8 Å². The van der Waals surface area contributed by atoms with Crippen LogP contribution in [0.4, 0.5) is 4.79 Å². The van der Waals surface area contributed by atoms with Gasteiger partial charge in [-0.15, -0.1) is 0 Å². The van der Waals surface area contributed by atoms with Gasteiger partial charge in [0.2, 0.25) is 0 Å². The van der Waals surface area contributed by atoms with Crippen molar-refractivity contribution in [2.24, 2.45) is 0 Å². The van der Waals surface area contributed by atoms with Gasteiger partial charge in [-0.2, -0.15) is 0 Å². The van der Waals surface area contributed by atoms with E-state index in [9.17, 15) is 9.90 Å². The van der Waals surface area contributed by atoms with Crippen molar-refractivity contribution in [1.82, 2.24) is 10.2 Å². The largest absolute Gasteiger partial charge is 0.444 e. The van der Waals surface area contributed by atoms with Crippen molar-refractivity contribution in [3.63, 3.8) is 0 Å². The quantitative estimate of drug-likeness (QED) is 0.887. The molecule has 0 atom stereocenters. The average Bonchev–Trinajstić information content (AvgIpc) is 2.35. The summed E-state index contributed by atoms with van der Waals surface area (Å²) >= 11 is 0. The van der Waals surface area contributed by atoms with Gasteiger partial charge >= 0.3 is 6.09 Å². The maximum absolute atomic E-state index is 11.8. The minimum atomic E-state index is -0.855. The van der Waals surface area contributed by atoms with Crippen LogP contribution in [0.25, 0.3) is 0 Å². The Kier molecular flexibility index (Phi) is 4.54. The first-order valence-corrected chi connectivity index (χ1v) is 7.22. The van der Waals surface area contributed by atoms with E-state index in [0.717, 1.165) is 0 Å². The summed E-state index contributed by atoms with van der Waals surface area (Å²) in [5.74, 6) is 0. The molecular formula is C16H24N2O3. The lowest BCUT2D eigenvalue weighted by Gasteiger charge is -2.46. The summed E-state index contributed by atoms with van der Waals surface area (Å²) in [5, 5.41) is 13.5. The second-order valence-electron chi connectivity index (χ2n) is 6.65. The second kappa shape index (κ2) is 6.03. The smallest absolute Gasteiger partial charge is 0.410 e. The molecule has 2 N–H and O–H groups in total. The molecule has 1 amide bonds. The predicted octanol–water partition coefficient (Wildman–Crippen LogP) is 1.76. The molecule has 1 heterocycles. The van der Waals surface area contributed by atoms with Gasteiger partial charge in [0.1, 0.15) is 11.2 Å². The van der Waals surface area contributed by atoms with E-state index in [2.05, 4.69) is 5.32 Å². The maximum Gasteiger partial charge on any atom is 0.410 e. The highest BCUT2D eigenvalue weighted by Crippen LogP contribution is 2.22. The van der Waals surface area contributed by atoms with Crippen LogP contribution < -0.4 is 5.32 Å². The Morgan fingerprint density at radius 1 is 1.33 bits per heavy atom. The van der Waals surface area contributed by atoms with Gasteiger partial charge < -0.3 is 20.1 Å². The van der Waals surface area contributed by atoms with Gasteiger partial charge in [0.05, 0.1) is 13.1 Å². The van der Waals surface area contributed by atoms with Crippen LogP contribution in [-0.4, -0.2) is 46.9 Å². The summed E-state index contributed by atoms with van der Waals surface area (Å²) in [6.07, 6.45) is -0.366. The zero-order chi connectivity index (χ0) is 15.5. The third-order valence-corrected chi connectivity index (χ3v) is 3.25. The fourth-order valence-electron chi connectivity index (χ4n) is 2.27. The normalized spacial score (nSPS) is 17.2. The van der Waals surface area contributed by atoms with E-state index in [0.29, 0.717) is 26.2 Å². The van der Waals surface area contributed by atoms with Crippen LogP contribution in [-0.2, 0) is 11.3 Å². The molecular weight excluding hydrogens is 268 g/mol. The molecule has 1 saturated heterocycles. The number of amides is 1. The third kappa shape index (κ3) is 4.72. The van der Waals surface area contributed by atoms with E-state index in [-0.39, 0.29) is 6.09 Å². The zero-order valence-electron chi connectivity index (χ0n) is 12.9. The van der Waals surface area contributed by atoms with E-state index in [4.69, 9.17) is 4.74 Å². The summed E-state index contributed by atoms with van der Waals surface area (Å²) in [5.41, 5.74) is -0.188. The first kappa shape index (κ1) is 15.8. The number of rotatable bonds is 4. The third-order valence-electron chi connectivity index (χ3n) is 3.25. The number of likely N-dealkylation sites (tertiary alicyclic amines) is 1. The molecule has 5 heteroatoms. The van der Waals surface area contributed by atoms with Crippen molar-refractivity contribution >= 4 is 6.09 Å². The number of hydrogen-bond acceptors (Lipinski definition) is 4. The highest BCUT2D eigenvalue weighted by atomic mass is 16.6. The summed E-state index contributed by atoms with van der Waals surface area (Å²) in [6.45, 7) is 7.28. The molecule has 1 aromatic carbocycles. The van der Waals surface area contributed by atoms with Crippen LogP contribution >= 0.6 is 0 Å². The first-order valence-electron chi connectivity index (χ1n) is 7.22. The Morgan fingerprint density at radius 3 is 2.52 bits per heavy atom. The highest BCUT2D eigenvalue weighted by molar-refractivity contribution is 5.69. The highest BCUT2D eigenvalue weighted by Gasteiger charge is 2.44. The Labute approximate surface area is 125 Å². The van der Waals surface area contributed by atoms with Crippen molar-refractivity contribution in [3.8, 4) is 0 Å². The molecule has 0 saturated carbocycles. The molecule has 1 fully saturated rings. The number of carbonyl (C=O) groups is 1. The van der Waals surface area contributed by atoms with Crippen LogP contribution in [0.5, 0.6) is 0 Å². The molecule has 5 nitrogen and oxygen atoms in total. The van der Waals surface area contributed by atoms with Gasteiger partial charge in [-0.1, -0.05) is 30.3 Å². The van der Waals surface area contributed by atoms with E-state index >= 15 is 0 Å². The zero-order valence-corrected chi connectivity index (χ0v) is 12.9. The summed E-state index contributed by atoms with van der Waals surface area (Å²) in [7, 11) is 0. The lowest BCUT2D eigenvalue weighted by Crippen LogP contribution is -2.67. The van der Waals surface area contributed by atoms with Crippen LogP contribution in [0.15, 0.2) is 30.3 Å². The number of β-amino-alcohol motifs (C(OH)–C–C–N with tert-alkyl or cyclic N) is 1. The van der Waals surface area contributed by atoms with Crippen molar-refractivity contribution in [1.29, 1.82) is 0 Å². The van der Waals surface area contributed by atoms with Crippen molar-refractivity contribution in [3.05, 3.63) is 35.9 Å². The second-order valence-corrected chi connectivity index (χ2v) is 6.65. The number of nitrogens with one attached hydrogen (secondary N) is 1. The molecule has 116 valence electrons. The van der Waals surface area contributed by atoms with Gasteiger partial charge in [-0.05, 0) is 26.3 Å². The van der Waals surface area contributed by atoms with Crippen molar-refractivity contribution < 1.29 is 14.6 Å². The minimum absolute atomic E-state index is 0.309. The van der Waals surface area contributed by atoms with Crippen LogP contribution in [0.3, 0.4) is 0 Å². The lowest BCUT2D eigenvalue weighted by molar-refractivity contribution is -0.0961. The number of hydrogen-bond donors (Lipinski definition) is 2. The van der Waals surface area contributed by atoms with Crippen LogP contribution in [0.2, 0.25) is 0 Å². The van der Waals surface area contributed by atoms with Crippen LogP contribution in [0.1, 0.15) is 26.3 Å². The number of nitrogens with zero attached hydrogens (tertiary/aromatic N) is 1. The van der Waals surface area contributed by atoms with Gasteiger partial charge in [-0.25, -0.2) is 4.79 Å². The molecule has 1 aliphatic heterocycles. The SMILES string of the molecule is CC(C)(C)OC(=O)N1CC(O)(CNCc2ccccc2)C1. The summed E-state index contributed by atoms with van der Waals surface area (Å²) in [4.78, 5) is 13.3. The lowest BCUT2D eigenvalue weighted by atomic mass is 9.94. The molecule has 1 aliphatic rings. The summed E-state index contributed by atoms with van der Waals surface area (Å²) in [6, 6.07) is 10.0. The van der Waals surface area contributed by atoms with E-state index in [1.54, 1.807) is 0 Å². The van der Waals surface area contributed by atoms with Crippen LogP contribution in [0, 0.1) is 0 Å². The molecule has 0 spiro atoms. The number of aliphatic hydroxyl groups is 1. The molecule has 0 aromatic heterocycles. The average molecular weight is 292 g/mol. The van der Waals surface area contributed by atoms with Gasteiger partial charge in [0.25, 0.3) is 0 Å². The van der Waals surface area contributed by atoms with Gasteiger partial charge in [0, 0.05) is 13.1 Å². The number of ether oxygens (including phenoxy) is 1. The Balaban J connectivity index is 1.71. The molecule has 0 unspecified atom stereocenters. The van der Waals surface area contributed by atoms with E-state index < -0.39 is 11.2 Å². The van der Waals surface area contributed by atoms with Gasteiger partial charge in [0.15, 0.2) is 0 Å². The minimum Gasteiger partial charge on any atom is -0.444 e. The Hall–Kier alpha value is -1.59. The molecule has 0 bridgehead atoms. The fourth-order valence-corrected chi connectivity index (χ4v) is 2.27. The monoisotopic (exact) mass is 292 g/mol. The predicted molar refractivity (Wildman–Crippen MR) is 80.9 cm³/mol. The number of benzene rings is 1. The summed E-state index contributed by atoms with van der Waals surface area (Å²) < 4.78 is 5.26. The van der Waals surface area contributed by atoms with Gasteiger partial charge in [-0.3, -0.25) is 0 Å². The fraction of sp³-hybridized carbons (Fsp3) is 0.562.